The molecule has 1 amide bonds. The molecular formula is C26H31N5O. The number of rotatable bonds is 5. The lowest BCUT2D eigenvalue weighted by Gasteiger charge is -2.32. The number of nitrogens with one attached hydrogen (secondary N) is 1. The Kier molecular flexibility index (Phi) is 6.51. The number of aromatic nitrogens is 2. The minimum Gasteiger partial charge on any atom is -0.340 e. The van der Waals surface area contributed by atoms with Crippen molar-refractivity contribution in [2.45, 2.75) is 27.2 Å². The number of likely N-dealkylation sites (N-methyl/N-ethyl adjacent to an activating group) is 1. The van der Waals surface area contributed by atoms with E-state index in [1.165, 1.54) is 11.1 Å². The van der Waals surface area contributed by atoms with Gasteiger partial charge in [-0.2, -0.15) is 0 Å². The summed E-state index contributed by atoms with van der Waals surface area (Å²) < 4.78 is 0. The van der Waals surface area contributed by atoms with Crippen LogP contribution in [0.3, 0.4) is 0 Å². The molecule has 2 aromatic carbocycles. The molecule has 1 fully saturated rings. The quantitative estimate of drug-likeness (QED) is 0.661. The van der Waals surface area contributed by atoms with Crippen LogP contribution in [-0.2, 0) is 6.42 Å². The molecule has 6 nitrogen and oxygen atoms in total. The van der Waals surface area contributed by atoms with Crippen LogP contribution in [0.1, 0.15) is 38.6 Å². The van der Waals surface area contributed by atoms with E-state index in [1.54, 1.807) is 0 Å². The number of nitrogens with zero attached hydrogens (tertiary/aromatic N) is 4. The molecule has 32 heavy (non-hydrogen) atoms. The van der Waals surface area contributed by atoms with Crippen LogP contribution < -0.4 is 5.32 Å². The molecule has 0 unspecified atom stereocenters. The molecule has 0 atom stereocenters. The second-order valence-corrected chi connectivity index (χ2v) is 8.64. The van der Waals surface area contributed by atoms with Crippen molar-refractivity contribution in [2.75, 3.05) is 38.5 Å². The van der Waals surface area contributed by atoms with Crippen molar-refractivity contribution in [1.82, 2.24) is 19.8 Å². The van der Waals surface area contributed by atoms with Crippen molar-refractivity contribution in [3.05, 3.63) is 82.3 Å². The van der Waals surface area contributed by atoms with Gasteiger partial charge in [0.05, 0.1) is 0 Å². The number of carbonyl (C=O) groups excluding carboxylic acids is 1. The molecule has 1 aliphatic heterocycles. The van der Waals surface area contributed by atoms with Crippen molar-refractivity contribution in [1.29, 1.82) is 0 Å². The van der Waals surface area contributed by atoms with Crippen molar-refractivity contribution in [3.8, 4) is 0 Å². The summed E-state index contributed by atoms with van der Waals surface area (Å²) in [6.45, 7) is 9.42. The molecule has 0 bridgehead atoms. The molecule has 0 spiro atoms. The number of aryl methyl sites for hydroxylation is 3. The van der Waals surface area contributed by atoms with Gasteiger partial charge in [-0.3, -0.25) is 4.79 Å². The number of hydrogen-bond donors (Lipinski definition) is 1. The Morgan fingerprint density at radius 3 is 2.22 bits per heavy atom. The van der Waals surface area contributed by atoms with Crippen LogP contribution in [0.5, 0.6) is 0 Å². The molecule has 6 heteroatoms. The number of amides is 1. The number of benzene rings is 2. The summed E-state index contributed by atoms with van der Waals surface area (Å²) in [5.41, 5.74) is 6.15. The summed E-state index contributed by atoms with van der Waals surface area (Å²) >= 11 is 0. The minimum atomic E-state index is 0.0958. The molecule has 3 aromatic rings. The van der Waals surface area contributed by atoms with E-state index in [1.807, 2.05) is 43.0 Å². The van der Waals surface area contributed by atoms with E-state index in [0.29, 0.717) is 0 Å². The van der Waals surface area contributed by atoms with E-state index >= 15 is 0 Å². The zero-order chi connectivity index (χ0) is 22.7. The lowest BCUT2D eigenvalue weighted by atomic mass is 10.0. The first kappa shape index (κ1) is 22.0. The minimum absolute atomic E-state index is 0.0958. The molecule has 0 radical (unpaired) electrons. The predicted molar refractivity (Wildman–Crippen MR) is 129 cm³/mol. The predicted octanol–water partition coefficient (Wildman–Crippen LogP) is 4.12. The third-order valence-corrected chi connectivity index (χ3v) is 6.01. The van der Waals surface area contributed by atoms with Gasteiger partial charge in [0.15, 0.2) is 0 Å². The van der Waals surface area contributed by atoms with E-state index < -0.39 is 0 Å². The van der Waals surface area contributed by atoms with Crippen molar-refractivity contribution in [2.24, 2.45) is 0 Å². The number of carbonyl (C=O) groups is 1. The highest BCUT2D eigenvalue weighted by Crippen LogP contribution is 2.25. The summed E-state index contributed by atoms with van der Waals surface area (Å²) in [6.07, 6.45) is 0.759. The van der Waals surface area contributed by atoms with Gasteiger partial charge in [-0.05, 0) is 57.6 Å². The molecule has 1 N–H and O–H groups in total. The highest BCUT2D eigenvalue weighted by molar-refractivity contribution is 5.94. The number of hydrogen-bond acceptors (Lipinski definition) is 5. The van der Waals surface area contributed by atoms with Gasteiger partial charge in [-0.15, -0.1) is 0 Å². The molecule has 166 valence electrons. The van der Waals surface area contributed by atoms with Crippen LogP contribution in [0.25, 0.3) is 0 Å². The average molecular weight is 430 g/mol. The molecule has 1 saturated heterocycles. The second kappa shape index (κ2) is 9.49. The first-order chi connectivity index (χ1) is 15.4. The van der Waals surface area contributed by atoms with Gasteiger partial charge in [-0.1, -0.05) is 29.8 Å². The molecule has 1 aliphatic rings. The van der Waals surface area contributed by atoms with Gasteiger partial charge >= 0.3 is 0 Å². The normalized spacial score (nSPS) is 14.4. The fraction of sp³-hybridized carbons (Fsp3) is 0.346. The summed E-state index contributed by atoms with van der Waals surface area (Å²) in [7, 11) is 2.09. The van der Waals surface area contributed by atoms with Gasteiger partial charge in [0.2, 0.25) is 0 Å². The lowest BCUT2D eigenvalue weighted by molar-refractivity contribution is 0.0664. The smallest absolute Gasteiger partial charge is 0.253 e. The topological polar surface area (TPSA) is 61.4 Å². The maximum atomic E-state index is 12.8. The molecule has 1 aromatic heterocycles. The molecule has 0 saturated carbocycles. The first-order valence-corrected chi connectivity index (χ1v) is 11.1. The Hall–Kier alpha value is -3.25. The van der Waals surface area contributed by atoms with Crippen LogP contribution in [-0.4, -0.2) is 58.9 Å². The van der Waals surface area contributed by atoms with E-state index in [-0.39, 0.29) is 5.91 Å². The Morgan fingerprint density at radius 2 is 1.56 bits per heavy atom. The first-order valence-electron chi connectivity index (χ1n) is 11.1. The standard InChI is InChI=1S/C26H31N5O/c1-18-5-7-21(8-6-18)17-24-19(2)27-20(3)28-25(24)29-23-11-9-22(10-12-23)26(32)31-15-13-30(4)14-16-31/h5-12H,13-17H2,1-4H3,(H,27,28,29). The fourth-order valence-corrected chi connectivity index (χ4v) is 3.99. The Morgan fingerprint density at radius 1 is 0.906 bits per heavy atom. The lowest BCUT2D eigenvalue weighted by Crippen LogP contribution is -2.47. The van der Waals surface area contributed by atoms with Crippen molar-refractivity contribution < 1.29 is 4.79 Å². The van der Waals surface area contributed by atoms with Gasteiger partial charge in [-0.25, -0.2) is 9.97 Å². The summed E-state index contributed by atoms with van der Waals surface area (Å²) in [6, 6.07) is 16.2. The Bertz CT molecular complexity index is 1080. The van der Waals surface area contributed by atoms with Crippen LogP contribution in [0.4, 0.5) is 11.5 Å². The molecule has 0 aliphatic carbocycles. The zero-order valence-electron chi connectivity index (χ0n) is 19.4. The van der Waals surface area contributed by atoms with Crippen LogP contribution in [0, 0.1) is 20.8 Å². The van der Waals surface area contributed by atoms with Crippen LogP contribution >= 0.6 is 0 Å². The van der Waals surface area contributed by atoms with Crippen LogP contribution in [0.15, 0.2) is 48.5 Å². The second-order valence-electron chi connectivity index (χ2n) is 8.64. The Labute approximate surface area is 190 Å². The number of piperazine rings is 1. The van der Waals surface area contributed by atoms with E-state index in [2.05, 4.69) is 58.4 Å². The van der Waals surface area contributed by atoms with Gasteiger partial charge in [0.25, 0.3) is 5.91 Å². The highest BCUT2D eigenvalue weighted by Gasteiger charge is 2.20. The number of anilines is 2. The maximum Gasteiger partial charge on any atom is 0.253 e. The van der Waals surface area contributed by atoms with Crippen LogP contribution in [0.2, 0.25) is 0 Å². The molecule has 2 heterocycles. The van der Waals surface area contributed by atoms with Gasteiger partial charge in [0, 0.05) is 55.1 Å². The molecule has 4 rings (SSSR count). The Balaban J connectivity index is 1.52. The van der Waals surface area contributed by atoms with Crippen molar-refractivity contribution in [3.63, 3.8) is 0 Å². The maximum absolute atomic E-state index is 12.8. The summed E-state index contributed by atoms with van der Waals surface area (Å²) in [5.74, 6) is 1.65. The summed E-state index contributed by atoms with van der Waals surface area (Å²) in [5, 5.41) is 3.45. The third kappa shape index (κ3) is 5.14. The fourth-order valence-electron chi connectivity index (χ4n) is 3.99. The largest absolute Gasteiger partial charge is 0.340 e. The monoisotopic (exact) mass is 429 g/mol. The van der Waals surface area contributed by atoms with Gasteiger partial charge in [0.1, 0.15) is 11.6 Å². The van der Waals surface area contributed by atoms with E-state index in [4.69, 9.17) is 0 Å². The van der Waals surface area contributed by atoms with E-state index in [9.17, 15) is 4.79 Å². The third-order valence-electron chi connectivity index (χ3n) is 6.01. The van der Waals surface area contributed by atoms with E-state index in [0.717, 1.165) is 66.8 Å². The zero-order valence-corrected chi connectivity index (χ0v) is 19.4. The average Bonchev–Trinajstić information content (AvgIpc) is 2.78. The highest BCUT2D eigenvalue weighted by atomic mass is 16.2. The SMILES string of the molecule is Cc1ccc(Cc2c(C)nc(C)nc2Nc2ccc(C(=O)N3CCN(C)CC3)cc2)cc1. The van der Waals surface area contributed by atoms with Gasteiger partial charge < -0.3 is 15.1 Å². The summed E-state index contributed by atoms with van der Waals surface area (Å²) in [4.78, 5) is 26.2. The van der Waals surface area contributed by atoms with Crippen molar-refractivity contribution >= 4 is 17.4 Å². The molecular weight excluding hydrogens is 398 g/mol.